The van der Waals surface area contributed by atoms with Crippen molar-refractivity contribution in [3.8, 4) is 5.75 Å². The summed E-state index contributed by atoms with van der Waals surface area (Å²) in [4.78, 5) is 9.18. The minimum Gasteiger partial charge on any atom is -0.493 e. The van der Waals surface area contributed by atoms with Gasteiger partial charge in [0.05, 0.1) is 6.61 Å². The van der Waals surface area contributed by atoms with Gasteiger partial charge in [-0.1, -0.05) is 0 Å². The van der Waals surface area contributed by atoms with Crippen LogP contribution in [-0.4, -0.2) is 55.1 Å². The zero-order chi connectivity index (χ0) is 21.3. The third kappa shape index (κ3) is 3.41. The Balaban J connectivity index is 1.67. The van der Waals surface area contributed by atoms with E-state index >= 15 is 0 Å². The van der Waals surface area contributed by atoms with Gasteiger partial charge in [0, 0.05) is 69.3 Å². The Morgan fingerprint density at radius 2 is 2.27 bits per heavy atom. The van der Waals surface area contributed by atoms with Crippen molar-refractivity contribution in [1.82, 2.24) is 15.3 Å². The van der Waals surface area contributed by atoms with E-state index in [0.717, 1.165) is 22.4 Å². The quantitative estimate of drug-likeness (QED) is 0.449. The topological polar surface area (TPSA) is 71.3 Å². The Bertz CT molecular complexity index is 995. The van der Waals surface area contributed by atoms with Crippen molar-refractivity contribution in [2.24, 2.45) is 10.1 Å². The number of likely N-dealkylation sites (N-methyl/N-ethyl adjacent to an activating group) is 1. The van der Waals surface area contributed by atoms with Gasteiger partial charge in [-0.25, -0.2) is 4.39 Å². The zero-order valence-corrected chi connectivity index (χ0v) is 17.5. The van der Waals surface area contributed by atoms with Gasteiger partial charge in [-0.05, 0) is 30.7 Å². The van der Waals surface area contributed by atoms with E-state index in [1.54, 1.807) is 30.6 Å². The number of rotatable bonds is 6. The number of ether oxygens (including phenoxy) is 2. The fourth-order valence-corrected chi connectivity index (χ4v) is 4.05. The minimum absolute atomic E-state index is 0.245. The maximum Gasteiger partial charge on any atom is 0.175 e. The number of aliphatic imine (C=N–C) groups is 1. The first-order valence-corrected chi connectivity index (χ1v) is 9.91. The van der Waals surface area contributed by atoms with E-state index in [2.05, 4.69) is 22.1 Å². The number of pyridine rings is 1. The van der Waals surface area contributed by atoms with Crippen LogP contribution in [0.1, 0.15) is 29.2 Å². The van der Waals surface area contributed by atoms with Crippen molar-refractivity contribution in [2.75, 3.05) is 20.8 Å². The van der Waals surface area contributed by atoms with E-state index in [4.69, 9.17) is 14.5 Å². The van der Waals surface area contributed by atoms with E-state index in [9.17, 15) is 4.39 Å². The third-order valence-electron chi connectivity index (χ3n) is 6.12. The number of amidine groups is 1. The molecule has 3 heterocycles. The van der Waals surface area contributed by atoms with Crippen molar-refractivity contribution in [2.45, 2.75) is 38.1 Å². The maximum atomic E-state index is 14.6. The SMILES string of the molecule is C=NN(C)[C@@](C)(OC)C1Cc2ccncc2C(NCc2c(F)ccc3c2CCO3)=N1. The smallest absolute Gasteiger partial charge is 0.175 e. The van der Waals surface area contributed by atoms with E-state index in [1.165, 1.54) is 6.07 Å². The summed E-state index contributed by atoms with van der Waals surface area (Å²) in [6.45, 7) is 6.43. The van der Waals surface area contributed by atoms with Gasteiger partial charge in [-0.2, -0.15) is 5.10 Å². The number of methoxy groups -OCH3 is 1. The molecule has 0 spiro atoms. The van der Waals surface area contributed by atoms with Crippen LogP contribution in [0.2, 0.25) is 0 Å². The standard InChI is InChI=1S/C22H26FN5O2/c1-22(29-4,28(3)24-2)20-11-14-7-9-25-12-16(14)21(27-20)26-13-17-15-8-10-30-19(15)6-5-18(17)23/h5-7,9,12,20H,2,8,10-11,13H2,1,3-4H3,(H,26,27)/t20?,22-/m0/s1. The molecule has 1 unspecified atom stereocenters. The van der Waals surface area contributed by atoms with Crippen molar-refractivity contribution in [3.63, 3.8) is 0 Å². The molecule has 0 radical (unpaired) electrons. The van der Waals surface area contributed by atoms with Gasteiger partial charge >= 0.3 is 0 Å². The lowest BCUT2D eigenvalue weighted by Gasteiger charge is -2.41. The maximum absolute atomic E-state index is 14.6. The predicted octanol–water partition coefficient (Wildman–Crippen LogP) is 2.53. The monoisotopic (exact) mass is 411 g/mol. The van der Waals surface area contributed by atoms with Crippen molar-refractivity contribution < 1.29 is 13.9 Å². The number of nitrogens with zero attached hydrogens (tertiary/aromatic N) is 4. The first-order chi connectivity index (χ1) is 14.5. The summed E-state index contributed by atoms with van der Waals surface area (Å²) in [6.07, 6.45) is 4.91. The highest BCUT2D eigenvalue weighted by Gasteiger charge is 2.41. The molecule has 2 aliphatic heterocycles. The van der Waals surface area contributed by atoms with Gasteiger partial charge in [0.1, 0.15) is 23.4 Å². The first kappa shape index (κ1) is 20.3. The van der Waals surface area contributed by atoms with Crippen molar-refractivity contribution >= 4 is 12.6 Å². The number of fused-ring (bicyclic) bond motifs is 2. The summed E-state index contributed by atoms with van der Waals surface area (Å²) in [7, 11) is 3.44. The summed E-state index contributed by atoms with van der Waals surface area (Å²) < 4.78 is 26.0. The largest absolute Gasteiger partial charge is 0.493 e. The fraction of sp³-hybridized carbons (Fsp3) is 0.409. The molecule has 1 aromatic heterocycles. The zero-order valence-electron chi connectivity index (χ0n) is 17.5. The molecule has 2 aromatic rings. The van der Waals surface area contributed by atoms with Crippen LogP contribution in [0, 0.1) is 5.82 Å². The lowest BCUT2D eigenvalue weighted by Crippen LogP contribution is -2.54. The molecule has 1 aromatic carbocycles. The molecular formula is C22H26FN5O2. The summed E-state index contributed by atoms with van der Waals surface area (Å²) in [5.41, 5.74) is 2.74. The molecule has 7 nitrogen and oxygen atoms in total. The van der Waals surface area contributed by atoms with Crippen LogP contribution in [-0.2, 0) is 24.1 Å². The summed E-state index contributed by atoms with van der Waals surface area (Å²) in [5.74, 6) is 1.17. The molecule has 0 fully saturated rings. The Labute approximate surface area is 175 Å². The van der Waals surface area contributed by atoms with E-state index in [-0.39, 0.29) is 11.9 Å². The van der Waals surface area contributed by atoms with Gasteiger partial charge in [-0.15, -0.1) is 0 Å². The molecule has 1 N–H and O–H groups in total. The summed E-state index contributed by atoms with van der Waals surface area (Å²) >= 11 is 0. The Hall–Kier alpha value is -3.00. The van der Waals surface area contributed by atoms with Crippen LogP contribution < -0.4 is 10.1 Å². The molecule has 0 saturated carbocycles. The second kappa shape index (κ2) is 8.02. The Morgan fingerprint density at radius 1 is 1.43 bits per heavy atom. The number of hydrazone groups is 1. The number of halogens is 1. The predicted molar refractivity (Wildman–Crippen MR) is 113 cm³/mol. The lowest BCUT2D eigenvalue weighted by molar-refractivity contribution is -0.126. The van der Waals surface area contributed by atoms with Crippen LogP contribution in [0.25, 0.3) is 0 Å². The van der Waals surface area contributed by atoms with Crippen LogP contribution in [0.4, 0.5) is 4.39 Å². The average Bonchev–Trinajstić information content (AvgIpc) is 3.25. The number of benzene rings is 1. The highest BCUT2D eigenvalue weighted by molar-refractivity contribution is 6.00. The van der Waals surface area contributed by atoms with Gasteiger partial charge in [0.25, 0.3) is 0 Å². The Morgan fingerprint density at radius 3 is 3.03 bits per heavy atom. The number of aromatic nitrogens is 1. The molecule has 0 saturated heterocycles. The van der Waals surface area contributed by atoms with E-state index in [0.29, 0.717) is 37.4 Å². The van der Waals surface area contributed by atoms with Crippen LogP contribution in [0.15, 0.2) is 40.7 Å². The van der Waals surface area contributed by atoms with Gasteiger partial charge in [0.2, 0.25) is 0 Å². The third-order valence-corrected chi connectivity index (χ3v) is 6.12. The summed E-state index contributed by atoms with van der Waals surface area (Å²) in [6, 6.07) is 4.88. The van der Waals surface area contributed by atoms with Crippen LogP contribution in [0.3, 0.4) is 0 Å². The number of hydrogen-bond acceptors (Lipinski definition) is 7. The molecule has 0 aliphatic carbocycles. The van der Waals surface area contributed by atoms with E-state index in [1.807, 2.05) is 20.0 Å². The lowest BCUT2D eigenvalue weighted by atomic mass is 9.91. The summed E-state index contributed by atoms with van der Waals surface area (Å²) in [5, 5.41) is 9.04. The minimum atomic E-state index is -0.789. The molecule has 2 aliphatic rings. The normalized spacial score (nSPS) is 19.1. The molecule has 0 amide bonds. The van der Waals surface area contributed by atoms with Crippen molar-refractivity contribution in [1.29, 1.82) is 0 Å². The molecule has 2 atom stereocenters. The average molecular weight is 411 g/mol. The highest BCUT2D eigenvalue weighted by atomic mass is 19.1. The van der Waals surface area contributed by atoms with Gasteiger partial charge < -0.3 is 14.8 Å². The molecule has 158 valence electrons. The van der Waals surface area contributed by atoms with E-state index < -0.39 is 5.72 Å². The van der Waals surface area contributed by atoms with Gasteiger partial charge in [0.15, 0.2) is 5.72 Å². The molecule has 4 rings (SSSR count). The Kier molecular flexibility index (Phi) is 5.42. The van der Waals surface area contributed by atoms with Crippen molar-refractivity contribution in [3.05, 3.63) is 58.7 Å². The van der Waals surface area contributed by atoms with Crippen LogP contribution in [0.5, 0.6) is 5.75 Å². The first-order valence-electron chi connectivity index (χ1n) is 9.91. The van der Waals surface area contributed by atoms with Gasteiger partial charge in [-0.3, -0.25) is 15.0 Å². The molecule has 30 heavy (non-hydrogen) atoms. The second-order valence-corrected chi connectivity index (χ2v) is 7.61. The number of hydrogen-bond donors (Lipinski definition) is 1. The molecule has 0 bridgehead atoms. The second-order valence-electron chi connectivity index (χ2n) is 7.61. The number of nitrogens with one attached hydrogen (secondary N) is 1. The molecule has 8 heteroatoms. The fourth-order valence-electron chi connectivity index (χ4n) is 4.05. The molecular weight excluding hydrogens is 385 g/mol. The highest BCUT2D eigenvalue weighted by Crippen LogP contribution is 2.32. The van der Waals surface area contributed by atoms with Crippen LogP contribution >= 0.6 is 0 Å².